The van der Waals surface area contributed by atoms with Gasteiger partial charge in [0.15, 0.2) is 10.8 Å². The molecular weight excluding hydrogens is 596 g/mol. The molecule has 12 heteroatoms. The molecule has 5 heterocycles. The number of pyridine rings is 2. The molecule has 1 fully saturated rings. The molecule has 2 amide bonds. The molecule has 0 saturated carbocycles. The van der Waals surface area contributed by atoms with Crippen LogP contribution in [0.2, 0.25) is 0 Å². The highest BCUT2D eigenvalue weighted by Crippen LogP contribution is 2.39. The third kappa shape index (κ3) is 5.93. The van der Waals surface area contributed by atoms with E-state index >= 15 is 0 Å². The average molecular weight is 626 g/mol. The summed E-state index contributed by atoms with van der Waals surface area (Å²) in [5, 5.41) is 3.68. The summed E-state index contributed by atoms with van der Waals surface area (Å²) >= 11 is 1.53. The number of hydrogen-bond acceptors (Lipinski definition) is 8. The number of fused-ring (bicyclic) bond motifs is 2. The number of anilines is 2. The van der Waals surface area contributed by atoms with E-state index in [-0.39, 0.29) is 18.7 Å². The summed E-state index contributed by atoms with van der Waals surface area (Å²) in [6, 6.07) is 15.0. The predicted molar refractivity (Wildman–Crippen MR) is 169 cm³/mol. The Labute approximate surface area is 261 Å². The average Bonchev–Trinajstić information content (AvgIpc) is 3.62. The molecule has 9 nitrogen and oxygen atoms in total. The monoisotopic (exact) mass is 625 g/mol. The summed E-state index contributed by atoms with van der Waals surface area (Å²) in [5.41, 5.74) is 11.2. The molecule has 3 aromatic heterocycles. The molecule has 45 heavy (non-hydrogen) atoms. The van der Waals surface area contributed by atoms with Crippen molar-refractivity contribution in [2.24, 2.45) is 5.73 Å². The second-order valence-corrected chi connectivity index (χ2v) is 12.3. The molecule has 3 N–H and O–H groups in total. The second-order valence-electron chi connectivity index (χ2n) is 11.3. The van der Waals surface area contributed by atoms with Crippen LogP contribution in [-0.2, 0) is 17.8 Å². The first kappa shape index (κ1) is 28.8. The van der Waals surface area contributed by atoms with Gasteiger partial charge in [-0.1, -0.05) is 23.5 Å². The van der Waals surface area contributed by atoms with E-state index in [1.807, 2.05) is 36.4 Å². The lowest BCUT2D eigenvalue weighted by atomic mass is 9.87. The molecule has 0 unspecified atom stereocenters. The minimum Gasteiger partial charge on any atom is -0.370 e. The van der Waals surface area contributed by atoms with Gasteiger partial charge in [0.2, 0.25) is 5.91 Å². The van der Waals surface area contributed by atoms with E-state index in [9.17, 15) is 18.4 Å². The van der Waals surface area contributed by atoms with E-state index in [0.29, 0.717) is 34.6 Å². The first-order valence-electron chi connectivity index (χ1n) is 14.7. The van der Waals surface area contributed by atoms with Crippen LogP contribution in [0.15, 0.2) is 67.0 Å². The molecular formula is C33H29F2N7O2S. The number of carbonyl (C=O) groups is 2. The highest BCUT2D eigenvalue weighted by molar-refractivity contribution is 7.22. The summed E-state index contributed by atoms with van der Waals surface area (Å²) in [7, 11) is 0. The van der Waals surface area contributed by atoms with Gasteiger partial charge in [0.05, 0.1) is 10.4 Å². The number of nitrogens with two attached hydrogens (primary N) is 1. The Balaban J connectivity index is 1.29. The number of carbonyl (C=O) groups excluding carboxylic acids is 2. The third-order valence-electron chi connectivity index (χ3n) is 8.32. The number of primary amides is 1. The summed E-state index contributed by atoms with van der Waals surface area (Å²) in [6.07, 6.45) is 3.62. The van der Waals surface area contributed by atoms with Crippen LogP contribution in [0.1, 0.15) is 39.5 Å². The molecule has 0 radical (unpaired) electrons. The molecule has 0 spiro atoms. The van der Waals surface area contributed by atoms with Gasteiger partial charge in [-0.2, -0.15) is 4.98 Å². The van der Waals surface area contributed by atoms with Crippen LogP contribution in [0.5, 0.6) is 0 Å². The van der Waals surface area contributed by atoms with E-state index in [0.717, 1.165) is 58.9 Å². The van der Waals surface area contributed by atoms with Crippen molar-refractivity contribution in [1.29, 1.82) is 0 Å². The fraction of sp³-hybridized carbons (Fsp3) is 0.242. The zero-order chi connectivity index (χ0) is 31.1. The maximum Gasteiger partial charge on any atom is 0.251 e. The Hall–Kier alpha value is -4.97. The molecule has 0 bridgehead atoms. The largest absolute Gasteiger partial charge is 0.370 e. The molecule has 2 aliphatic rings. The topological polar surface area (TPSA) is 117 Å². The standard InChI is InChI=1S/C33H29F2N7O2S/c34-23-12-19(13-24(35)16-23)11-22(15-29(36)43)30-26(20-1-2-21-18-38-32(44)27(21)14-20)17-28-31(39-30)40-33(45-28)42-9-7-41(8-10-42)25-3-5-37-6-4-25/h1-6,12-14,16-17,22H,7-11,15,18H2,(H2,36,43)(H,38,44)/t22-/m0/s1. The quantitative estimate of drug-likeness (QED) is 0.254. The van der Waals surface area contributed by atoms with Crippen LogP contribution in [-0.4, -0.2) is 52.9 Å². The number of aromatic nitrogens is 3. The van der Waals surface area contributed by atoms with Gasteiger partial charge in [-0.25, -0.2) is 13.8 Å². The first-order chi connectivity index (χ1) is 21.8. The third-order valence-corrected chi connectivity index (χ3v) is 9.37. The lowest BCUT2D eigenvalue weighted by Gasteiger charge is -2.35. The van der Waals surface area contributed by atoms with Crippen LogP contribution in [0.4, 0.5) is 19.6 Å². The maximum atomic E-state index is 14.2. The fourth-order valence-corrected chi connectivity index (χ4v) is 7.16. The highest BCUT2D eigenvalue weighted by atomic mass is 32.1. The van der Waals surface area contributed by atoms with Crippen LogP contribution in [0, 0.1) is 11.6 Å². The van der Waals surface area contributed by atoms with Crippen LogP contribution < -0.4 is 20.9 Å². The van der Waals surface area contributed by atoms with Crippen molar-refractivity contribution in [2.45, 2.75) is 25.3 Å². The van der Waals surface area contributed by atoms with E-state index in [4.69, 9.17) is 15.7 Å². The van der Waals surface area contributed by atoms with Crippen molar-refractivity contribution < 1.29 is 18.4 Å². The molecule has 228 valence electrons. The minimum absolute atomic E-state index is 0.0942. The number of nitrogens with zero attached hydrogens (tertiary/aromatic N) is 5. The van der Waals surface area contributed by atoms with Crippen molar-refractivity contribution in [1.82, 2.24) is 20.3 Å². The molecule has 7 rings (SSSR count). The SMILES string of the molecule is NC(=O)C[C@H](Cc1cc(F)cc(F)c1)c1nc2nc(N3CCN(c4ccncc4)CC3)sc2cc1-c1ccc2c(c1)C(=O)NC2. The Morgan fingerprint density at radius 1 is 0.933 bits per heavy atom. The number of amides is 2. The predicted octanol–water partition coefficient (Wildman–Crippen LogP) is 4.80. The van der Waals surface area contributed by atoms with Gasteiger partial charge in [-0.15, -0.1) is 0 Å². The number of hydrogen-bond donors (Lipinski definition) is 2. The van der Waals surface area contributed by atoms with Crippen LogP contribution in [0.3, 0.4) is 0 Å². The first-order valence-corrected chi connectivity index (χ1v) is 15.5. The lowest BCUT2D eigenvalue weighted by molar-refractivity contribution is -0.118. The van der Waals surface area contributed by atoms with E-state index < -0.39 is 23.5 Å². The normalized spacial score (nSPS) is 15.3. The number of halogens is 2. The summed E-state index contributed by atoms with van der Waals surface area (Å²) in [4.78, 5) is 43.4. The number of rotatable bonds is 8. The number of piperazine rings is 1. The van der Waals surface area contributed by atoms with Crippen molar-refractivity contribution in [3.63, 3.8) is 0 Å². The second kappa shape index (κ2) is 11.8. The number of nitrogens with one attached hydrogen (secondary N) is 1. The molecule has 5 aromatic rings. The zero-order valence-electron chi connectivity index (χ0n) is 24.2. The van der Waals surface area contributed by atoms with E-state index in [2.05, 4.69) is 20.1 Å². The van der Waals surface area contributed by atoms with Gasteiger partial charge in [-0.3, -0.25) is 14.6 Å². The Morgan fingerprint density at radius 2 is 1.67 bits per heavy atom. The fourth-order valence-electron chi connectivity index (χ4n) is 6.16. The summed E-state index contributed by atoms with van der Waals surface area (Å²) in [5.74, 6) is -2.73. The Bertz CT molecular complexity index is 1910. The minimum atomic E-state index is -0.704. The van der Waals surface area contributed by atoms with Gasteiger partial charge in [-0.05, 0) is 59.5 Å². The molecule has 2 aromatic carbocycles. The Kier molecular flexibility index (Phi) is 7.58. The van der Waals surface area contributed by atoms with Crippen LogP contribution in [0.25, 0.3) is 21.5 Å². The smallest absolute Gasteiger partial charge is 0.251 e. The van der Waals surface area contributed by atoms with Gasteiger partial charge < -0.3 is 20.9 Å². The number of benzene rings is 2. The summed E-state index contributed by atoms with van der Waals surface area (Å²) < 4.78 is 29.2. The van der Waals surface area contributed by atoms with Crippen LogP contribution >= 0.6 is 11.3 Å². The van der Waals surface area contributed by atoms with Gasteiger partial charge in [0.1, 0.15) is 11.6 Å². The van der Waals surface area contributed by atoms with Crippen molar-refractivity contribution >= 4 is 44.3 Å². The van der Waals surface area contributed by atoms with Crippen molar-refractivity contribution in [3.8, 4) is 11.1 Å². The molecule has 2 aliphatic heterocycles. The summed E-state index contributed by atoms with van der Waals surface area (Å²) in [6.45, 7) is 3.66. The Morgan fingerprint density at radius 3 is 2.40 bits per heavy atom. The van der Waals surface area contributed by atoms with Crippen molar-refractivity contribution in [2.75, 3.05) is 36.0 Å². The molecule has 1 atom stereocenters. The molecule has 0 aliphatic carbocycles. The highest BCUT2D eigenvalue weighted by Gasteiger charge is 2.27. The number of thiazole rings is 1. The van der Waals surface area contributed by atoms with Gasteiger partial charge in [0, 0.05) is 80.3 Å². The van der Waals surface area contributed by atoms with Gasteiger partial charge in [0.25, 0.3) is 5.91 Å². The zero-order valence-corrected chi connectivity index (χ0v) is 25.0. The van der Waals surface area contributed by atoms with Gasteiger partial charge >= 0.3 is 0 Å². The van der Waals surface area contributed by atoms with Crippen molar-refractivity contribution in [3.05, 3.63) is 101 Å². The molecule has 1 saturated heterocycles. The maximum absolute atomic E-state index is 14.2. The van der Waals surface area contributed by atoms with E-state index in [1.54, 1.807) is 12.4 Å². The lowest BCUT2D eigenvalue weighted by Crippen LogP contribution is -2.46. The van der Waals surface area contributed by atoms with E-state index in [1.165, 1.54) is 23.5 Å².